The Hall–Kier alpha value is -2.83. The average molecular weight is 289 g/mol. The molecule has 2 heterocycles. The van der Waals surface area contributed by atoms with Crippen LogP contribution < -0.4 is 5.32 Å². The van der Waals surface area contributed by atoms with E-state index in [2.05, 4.69) is 16.9 Å². The van der Waals surface area contributed by atoms with Crippen LogP contribution in [0.2, 0.25) is 0 Å². The Bertz CT molecular complexity index is 665. The van der Waals surface area contributed by atoms with Gasteiger partial charge in [-0.05, 0) is 18.2 Å². The van der Waals surface area contributed by atoms with Crippen molar-refractivity contribution >= 4 is 23.1 Å². The van der Waals surface area contributed by atoms with E-state index in [1.165, 1.54) is 6.08 Å². The van der Waals surface area contributed by atoms with E-state index in [0.717, 1.165) is 5.39 Å². The van der Waals surface area contributed by atoms with Crippen molar-refractivity contribution in [1.29, 1.82) is 0 Å². The zero-order valence-electron chi connectivity index (χ0n) is 11.2. The van der Waals surface area contributed by atoms with Crippen LogP contribution in [0.25, 0.3) is 11.0 Å². The first-order chi connectivity index (χ1) is 10.1. The quantitative estimate of drug-likeness (QED) is 0.784. The van der Waals surface area contributed by atoms with Crippen molar-refractivity contribution in [2.75, 3.05) is 6.61 Å². The van der Waals surface area contributed by atoms with Crippen LogP contribution in [0.4, 0.5) is 4.79 Å². The Morgan fingerprint density at radius 2 is 2.33 bits per heavy atom. The van der Waals surface area contributed by atoms with Gasteiger partial charge < -0.3 is 19.7 Å². The van der Waals surface area contributed by atoms with Gasteiger partial charge in [0.05, 0.1) is 6.54 Å². The van der Waals surface area contributed by atoms with Crippen LogP contribution in [0.1, 0.15) is 0 Å². The lowest BCUT2D eigenvalue weighted by molar-refractivity contribution is -0.139. The van der Waals surface area contributed by atoms with Gasteiger partial charge >= 0.3 is 12.1 Å². The molecule has 1 atom stereocenters. The Morgan fingerprint density at radius 1 is 1.52 bits per heavy atom. The van der Waals surface area contributed by atoms with Gasteiger partial charge in [0.15, 0.2) is 0 Å². The Balaban J connectivity index is 2.11. The van der Waals surface area contributed by atoms with E-state index in [4.69, 9.17) is 4.74 Å². The van der Waals surface area contributed by atoms with E-state index >= 15 is 0 Å². The summed E-state index contributed by atoms with van der Waals surface area (Å²) in [6.45, 7) is 3.48. The number of alkyl carbamates (subject to hydrolysis) is 1. The topological polar surface area (TPSA) is 93.5 Å². The van der Waals surface area contributed by atoms with Crippen molar-refractivity contribution in [1.82, 2.24) is 14.9 Å². The molecule has 0 spiro atoms. The highest BCUT2D eigenvalue weighted by Crippen LogP contribution is 2.12. The van der Waals surface area contributed by atoms with Crippen LogP contribution >= 0.6 is 0 Å². The molecule has 7 nitrogen and oxygen atoms in total. The smallest absolute Gasteiger partial charge is 0.408 e. The summed E-state index contributed by atoms with van der Waals surface area (Å²) in [6.07, 6.45) is 3.95. The van der Waals surface area contributed by atoms with Crippen LogP contribution in [-0.2, 0) is 16.1 Å². The van der Waals surface area contributed by atoms with Crippen molar-refractivity contribution in [2.45, 2.75) is 12.6 Å². The molecule has 0 saturated carbocycles. The number of amides is 1. The molecule has 7 heteroatoms. The van der Waals surface area contributed by atoms with Gasteiger partial charge in [-0.15, -0.1) is 0 Å². The molecule has 0 aromatic carbocycles. The minimum absolute atomic E-state index is 0.0200. The summed E-state index contributed by atoms with van der Waals surface area (Å²) in [5.41, 5.74) is 0.657. The number of pyridine rings is 1. The largest absolute Gasteiger partial charge is 0.480 e. The molecule has 2 aromatic rings. The number of rotatable bonds is 6. The second-order valence-electron chi connectivity index (χ2n) is 4.31. The molecule has 21 heavy (non-hydrogen) atoms. The van der Waals surface area contributed by atoms with Crippen LogP contribution in [-0.4, -0.2) is 39.4 Å². The Kier molecular flexibility index (Phi) is 4.55. The van der Waals surface area contributed by atoms with E-state index < -0.39 is 18.1 Å². The minimum Gasteiger partial charge on any atom is -0.480 e. The molecule has 110 valence electrons. The number of aliphatic carboxylic acids is 1. The molecule has 0 aliphatic heterocycles. The van der Waals surface area contributed by atoms with Crippen molar-refractivity contribution in [3.05, 3.63) is 43.2 Å². The minimum atomic E-state index is -1.15. The average Bonchev–Trinajstić information content (AvgIpc) is 2.87. The molecule has 0 bridgehead atoms. The third-order valence-corrected chi connectivity index (χ3v) is 2.82. The van der Waals surface area contributed by atoms with E-state index in [-0.39, 0.29) is 13.2 Å². The lowest BCUT2D eigenvalue weighted by atomic mass is 10.3. The number of nitrogens with zero attached hydrogens (tertiary/aromatic N) is 2. The highest BCUT2D eigenvalue weighted by Gasteiger charge is 2.21. The van der Waals surface area contributed by atoms with Crippen LogP contribution in [0.3, 0.4) is 0 Å². The van der Waals surface area contributed by atoms with Gasteiger partial charge in [-0.1, -0.05) is 12.7 Å². The monoisotopic (exact) mass is 289 g/mol. The van der Waals surface area contributed by atoms with Gasteiger partial charge in [0.2, 0.25) is 0 Å². The lowest BCUT2D eigenvalue weighted by Crippen LogP contribution is -2.43. The molecule has 0 fully saturated rings. The fourth-order valence-electron chi connectivity index (χ4n) is 1.87. The standard InChI is InChI=1S/C14H15N3O4/c1-2-8-21-14(20)16-11(13(18)19)9-17-7-5-10-4-3-6-15-12(10)17/h2-7,11H,1,8-9H2,(H,16,20)(H,18,19). The molecule has 0 radical (unpaired) electrons. The summed E-state index contributed by atoms with van der Waals surface area (Å²) < 4.78 is 6.39. The van der Waals surface area contributed by atoms with Gasteiger partial charge in [0, 0.05) is 17.8 Å². The van der Waals surface area contributed by atoms with Gasteiger partial charge in [-0.3, -0.25) is 0 Å². The number of aromatic nitrogens is 2. The number of hydrogen-bond donors (Lipinski definition) is 2. The zero-order valence-corrected chi connectivity index (χ0v) is 11.2. The molecule has 2 N–H and O–H groups in total. The first-order valence-corrected chi connectivity index (χ1v) is 6.28. The highest BCUT2D eigenvalue weighted by molar-refractivity contribution is 5.80. The summed E-state index contributed by atoms with van der Waals surface area (Å²) in [7, 11) is 0. The number of hydrogen-bond acceptors (Lipinski definition) is 4. The molecule has 1 unspecified atom stereocenters. The van der Waals surface area contributed by atoms with Crippen molar-refractivity contribution in [2.24, 2.45) is 0 Å². The molecule has 2 aromatic heterocycles. The van der Waals surface area contributed by atoms with Crippen molar-refractivity contribution in [3.63, 3.8) is 0 Å². The van der Waals surface area contributed by atoms with Crippen LogP contribution in [0, 0.1) is 0 Å². The summed E-state index contributed by atoms with van der Waals surface area (Å²) in [4.78, 5) is 26.9. The predicted octanol–water partition coefficient (Wildman–Crippen LogP) is 1.40. The summed E-state index contributed by atoms with van der Waals surface area (Å²) in [5.74, 6) is -1.15. The van der Waals surface area contributed by atoms with Crippen molar-refractivity contribution in [3.8, 4) is 0 Å². The molecule has 1 amide bonds. The maximum absolute atomic E-state index is 11.4. The number of carbonyl (C=O) groups is 2. The van der Waals surface area contributed by atoms with Crippen LogP contribution in [0.5, 0.6) is 0 Å². The van der Waals surface area contributed by atoms with Gasteiger partial charge in [-0.2, -0.15) is 0 Å². The fraction of sp³-hybridized carbons (Fsp3) is 0.214. The Morgan fingerprint density at radius 3 is 3.05 bits per heavy atom. The molecular weight excluding hydrogens is 274 g/mol. The molecule has 2 rings (SSSR count). The van der Waals surface area contributed by atoms with Crippen LogP contribution in [0.15, 0.2) is 43.2 Å². The first kappa shape index (κ1) is 14.6. The van der Waals surface area contributed by atoms with Gasteiger partial charge in [0.1, 0.15) is 18.3 Å². The number of ether oxygens (including phenoxy) is 1. The maximum atomic E-state index is 11.4. The molecule has 0 saturated heterocycles. The van der Waals surface area contributed by atoms with E-state index in [0.29, 0.717) is 5.65 Å². The third-order valence-electron chi connectivity index (χ3n) is 2.82. The summed E-state index contributed by atoms with van der Waals surface area (Å²) in [5, 5.41) is 12.4. The molecular formula is C14H15N3O4. The fourth-order valence-corrected chi connectivity index (χ4v) is 1.87. The maximum Gasteiger partial charge on any atom is 0.408 e. The second kappa shape index (κ2) is 6.56. The van der Waals surface area contributed by atoms with Gasteiger partial charge in [-0.25, -0.2) is 14.6 Å². The number of carboxylic acids is 1. The lowest BCUT2D eigenvalue weighted by Gasteiger charge is -2.15. The summed E-state index contributed by atoms with van der Waals surface area (Å²) in [6, 6.07) is 4.39. The third kappa shape index (κ3) is 3.59. The highest BCUT2D eigenvalue weighted by atomic mass is 16.5. The van der Waals surface area contributed by atoms with E-state index in [1.54, 1.807) is 23.0 Å². The number of carboxylic acid groups (broad SMARTS) is 1. The number of fused-ring (bicyclic) bond motifs is 1. The van der Waals surface area contributed by atoms with E-state index in [9.17, 15) is 14.7 Å². The molecule has 0 aliphatic carbocycles. The Labute approximate surface area is 120 Å². The normalized spacial score (nSPS) is 11.8. The SMILES string of the molecule is C=CCOC(=O)NC(Cn1ccc2cccnc21)C(=O)O. The zero-order chi connectivity index (χ0) is 15.2. The first-order valence-electron chi connectivity index (χ1n) is 6.28. The number of nitrogens with one attached hydrogen (secondary N) is 1. The number of carbonyl (C=O) groups excluding carboxylic acids is 1. The molecule has 0 aliphatic rings. The summed E-state index contributed by atoms with van der Waals surface area (Å²) >= 11 is 0. The van der Waals surface area contributed by atoms with Crippen molar-refractivity contribution < 1.29 is 19.4 Å². The van der Waals surface area contributed by atoms with E-state index in [1.807, 2.05) is 12.1 Å². The second-order valence-corrected chi connectivity index (χ2v) is 4.31. The van der Waals surface area contributed by atoms with Gasteiger partial charge in [0.25, 0.3) is 0 Å². The predicted molar refractivity (Wildman–Crippen MR) is 75.8 cm³/mol.